The number of methoxy groups -OCH3 is 2. The minimum Gasteiger partial charge on any atom is -0.466 e. The summed E-state index contributed by atoms with van der Waals surface area (Å²) < 4.78 is 25.6. The molecule has 2 heterocycles. The third kappa shape index (κ3) is 4.71. The molecular formula is C18H18O7. The Morgan fingerprint density at radius 2 is 1.80 bits per heavy atom. The Balaban J connectivity index is 2.21. The average Bonchev–Trinajstić information content (AvgIpc) is 3.33. The first-order valence-electron chi connectivity index (χ1n) is 7.31. The molecule has 25 heavy (non-hydrogen) atoms. The predicted molar refractivity (Wildman–Crippen MR) is 87.3 cm³/mol. The summed E-state index contributed by atoms with van der Waals surface area (Å²) in [6.45, 7) is 3.53. The predicted octanol–water partition coefficient (Wildman–Crippen LogP) is 2.92. The van der Waals surface area contributed by atoms with Crippen molar-refractivity contribution in [2.75, 3.05) is 20.8 Å². The van der Waals surface area contributed by atoms with Gasteiger partial charge in [-0.1, -0.05) is 6.58 Å². The van der Waals surface area contributed by atoms with Gasteiger partial charge in [-0.05, 0) is 30.3 Å². The number of carbonyl (C=O) groups is 2. The van der Waals surface area contributed by atoms with E-state index >= 15 is 0 Å². The summed E-state index contributed by atoms with van der Waals surface area (Å²) in [6.07, 6.45) is 3.50. The summed E-state index contributed by atoms with van der Waals surface area (Å²) in [4.78, 5) is 23.7. The fourth-order valence-electron chi connectivity index (χ4n) is 2.04. The first-order chi connectivity index (χ1) is 12.1. The number of hydrogen-bond donors (Lipinski definition) is 0. The lowest BCUT2D eigenvalue weighted by Crippen LogP contribution is -2.18. The van der Waals surface area contributed by atoms with Crippen LogP contribution < -0.4 is 0 Å². The van der Waals surface area contributed by atoms with Gasteiger partial charge in [0.05, 0.1) is 44.5 Å². The lowest BCUT2D eigenvalue weighted by atomic mass is 10.1. The van der Waals surface area contributed by atoms with Crippen LogP contribution in [0.4, 0.5) is 0 Å². The second kappa shape index (κ2) is 8.70. The van der Waals surface area contributed by atoms with Crippen molar-refractivity contribution >= 4 is 18.0 Å². The highest BCUT2D eigenvalue weighted by Gasteiger charge is 2.26. The molecule has 7 heteroatoms. The zero-order chi connectivity index (χ0) is 18.2. The van der Waals surface area contributed by atoms with E-state index in [2.05, 4.69) is 11.3 Å². The minimum absolute atomic E-state index is 0.0414. The van der Waals surface area contributed by atoms with E-state index in [0.717, 1.165) is 0 Å². The fourth-order valence-corrected chi connectivity index (χ4v) is 2.04. The normalized spacial score (nSPS) is 12.5. The zero-order valence-corrected chi connectivity index (χ0v) is 13.9. The SMILES string of the molecule is C=C(C(=O)OC)C(OC/C(=C\c1ccco1)C(=O)OC)c1ccco1. The molecule has 0 aliphatic heterocycles. The molecule has 7 nitrogen and oxygen atoms in total. The molecule has 0 amide bonds. The van der Waals surface area contributed by atoms with E-state index in [1.165, 1.54) is 32.8 Å². The van der Waals surface area contributed by atoms with Gasteiger partial charge >= 0.3 is 11.9 Å². The summed E-state index contributed by atoms with van der Waals surface area (Å²) in [6, 6.07) is 6.65. The second-order valence-corrected chi connectivity index (χ2v) is 4.90. The first kappa shape index (κ1) is 18.3. The molecule has 0 aliphatic rings. The lowest BCUT2D eigenvalue weighted by molar-refractivity contribution is -0.138. The molecule has 1 atom stereocenters. The van der Waals surface area contributed by atoms with Gasteiger partial charge in [0.15, 0.2) is 0 Å². The van der Waals surface area contributed by atoms with Crippen molar-refractivity contribution in [1.82, 2.24) is 0 Å². The average molecular weight is 346 g/mol. The van der Waals surface area contributed by atoms with Crippen LogP contribution in [0.25, 0.3) is 6.08 Å². The number of esters is 2. The molecule has 2 aromatic rings. The molecule has 0 N–H and O–H groups in total. The van der Waals surface area contributed by atoms with E-state index in [1.54, 1.807) is 24.3 Å². The van der Waals surface area contributed by atoms with Crippen molar-refractivity contribution in [3.05, 3.63) is 66.0 Å². The Kier molecular flexibility index (Phi) is 6.36. The van der Waals surface area contributed by atoms with E-state index in [1.807, 2.05) is 0 Å². The van der Waals surface area contributed by atoms with Crippen LogP contribution in [0.5, 0.6) is 0 Å². The van der Waals surface area contributed by atoms with Crippen molar-refractivity contribution in [2.45, 2.75) is 6.10 Å². The molecular weight excluding hydrogens is 328 g/mol. The van der Waals surface area contributed by atoms with Crippen molar-refractivity contribution in [2.24, 2.45) is 0 Å². The standard InChI is InChI=1S/C18H18O7/c1-12(17(19)21-2)16(15-7-5-9-24-15)25-11-13(18(20)22-3)10-14-6-4-8-23-14/h4-10,16H,1,11H2,2-3H3/b13-10+. The Hall–Kier alpha value is -3.06. The number of ether oxygens (including phenoxy) is 3. The van der Waals surface area contributed by atoms with Crippen LogP contribution in [0.15, 0.2) is 63.4 Å². The van der Waals surface area contributed by atoms with Crippen LogP contribution in [0.3, 0.4) is 0 Å². The molecule has 0 bridgehead atoms. The van der Waals surface area contributed by atoms with Crippen LogP contribution in [-0.4, -0.2) is 32.8 Å². The topological polar surface area (TPSA) is 88.1 Å². The summed E-state index contributed by atoms with van der Waals surface area (Å²) in [5, 5.41) is 0. The summed E-state index contributed by atoms with van der Waals surface area (Å²) >= 11 is 0. The van der Waals surface area contributed by atoms with Gasteiger partial charge in [-0.2, -0.15) is 0 Å². The van der Waals surface area contributed by atoms with Crippen molar-refractivity contribution in [3.8, 4) is 0 Å². The summed E-state index contributed by atoms with van der Waals surface area (Å²) in [5.41, 5.74) is 0.242. The van der Waals surface area contributed by atoms with E-state index < -0.39 is 18.0 Å². The molecule has 0 spiro atoms. The number of rotatable bonds is 8. The molecule has 0 aliphatic carbocycles. The van der Waals surface area contributed by atoms with Gasteiger partial charge in [-0.15, -0.1) is 0 Å². The van der Waals surface area contributed by atoms with E-state index in [0.29, 0.717) is 11.5 Å². The molecule has 1 unspecified atom stereocenters. The largest absolute Gasteiger partial charge is 0.466 e. The van der Waals surface area contributed by atoms with Crippen LogP contribution in [-0.2, 0) is 23.8 Å². The molecule has 2 rings (SSSR count). The zero-order valence-electron chi connectivity index (χ0n) is 13.9. The Morgan fingerprint density at radius 1 is 1.12 bits per heavy atom. The summed E-state index contributed by atoms with van der Waals surface area (Å²) in [5.74, 6) is -0.405. The van der Waals surface area contributed by atoms with Crippen molar-refractivity contribution < 1.29 is 32.6 Å². The van der Waals surface area contributed by atoms with E-state index in [-0.39, 0.29) is 17.8 Å². The van der Waals surface area contributed by atoms with Gasteiger partial charge in [0.25, 0.3) is 0 Å². The summed E-state index contributed by atoms with van der Waals surface area (Å²) in [7, 11) is 2.50. The Morgan fingerprint density at radius 3 is 2.36 bits per heavy atom. The van der Waals surface area contributed by atoms with Crippen LogP contribution in [0.1, 0.15) is 17.6 Å². The Bertz CT molecular complexity index is 739. The quantitative estimate of drug-likeness (QED) is 0.536. The number of carbonyl (C=O) groups excluding carboxylic acids is 2. The fraction of sp³-hybridized carbons (Fsp3) is 0.222. The van der Waals surface area contributed by atoms with Crippen LogP contribution in [0.2, 0.25) is 0 Å². The Labute approximate surface area is 144 Å². The lowest BCUT2D eigenvalue weighted by Gasteiger charge is -2.17. The second-order valence-electron chi connectivity index (χ2n) is 4.90. The van der Waals surface area contributed by atoms with Crippen LogP contribution in [0, 0.1) is 0 Å². The third-order valence-electron chi connectivity index (χ3n) is 3.28. The third-order valence-corrected chi connectivity index (χ3v) is 3.28. The number of hydrogen-bond acceptors (Lipinski definition) is 7. The van der Waals surface area contributed by atoms with Gasteiger partial charge < -0.3 is 23.0 Å². The van der Waals surface area contributed by atoms with Crippen molar-refractivity contribution in [3.63, 3.8) is 0 Å². The molecule has 0 radical (unpaired) electrons. The van der Waals surface area contributed by atoms with Crippen LogP contribution >= 0.6 is 0 Å². The minimum atomic E-state index is -0.910. The van der Waals surface area contributed by atoms with Gasteiger partial charge in [0, 0.05) is 0 Å². The maximum atomic E-state index is 11.9. The smallest absolute Gasteiger partial charge is 0.336 e. The maximum absolute atomic E-state index is 11.9. The highest BCUT2D eigenvalue weighted by atomic mass is 16.5. The molecule has 2 aromatic heterocycles. The van der Waals surface area contributed by atoms with E-state index in [9.17, 15) is 9.59 Å². The first-order valence-corrected chi connectivity index (χ1v) is 7.31. The van der Waals surface area contributed by atoms with Gasteiger partial charge in [0.1, 0.15) is 17.6 Å². The molecule has 0 saturated heterocycles. The number of furan rings is 2. The van der Waals surface area contributed by atoms with Gasteiger partial charge in [-0.3, -0.25) is 0 Å². The van der Waals surface area contributed by atoms with Crippen molar-refractivity contribution in [1.29, 1.82) is 0 Å². The maximum Gasteiger partial charge on any atom is 0.336 e. The highest BCUT2D eigenvalue weighted by Crippen LogP contribution is 2.27. The monoisotopic (exact) mass is 346 g/mol. The van der Waals surface area contributed by atoms with Gasteiger partial charge in [0.2, 0.25) is 0 Å². The molecule has 0 aromatic carbocycles. The molecule has 0 saturated carbocycles. The highest BCUT2D eigenvalue weighted by molar-refractivity contribution is 5.93. The van der Waals surface area contributed by atoms with E-state index in [4.69, 9.17) is 18.3 Å². The van der Waals surface area contributed by atoms with Gasteiger partial charge in [-0.25, -0.2) is 9.59 Å². The molecule has 0 fully saturated rings. The molecule has 132 valence electrons.